The van der Waals surface area contributed by atoms with Crippen LogP contribution in [0.5, 0.6) is 0 Å². The molecule has 4 rings (SSSR count). The first-order valence-corrected chi connectivity index (χ1v) is 12.3. The van der Waals surface area contributed by atoms with E-state index in [0.717, 1.165) is 22.8 Å². The summed E-state index contributed by atoms with van der Waals surface area (Å²) in [5, 5.41) is 2.97. The van der Waals surface area contributed by atoms with Gasteiger partial charge in [0.1, 0.15) is 11.6 Å². The van der Waals surface area contributed by atoms with Gasteiger partial charge in [0, 0.05) is 29.5 Å². The Balaban J connectivity index is 1.21. The zero-order valence-electron chi connectivity index (χ0n) is 19.2. The predicted octanol–water partition coefficient (Wildman–Crippen LogP) is 4.80. The monoisotopic (exact) mass is 452 g/mol. The van der Waals surface area contributed by atoms with E-state index in [1.165, 1.54) is 31.5 Å². The summed E-state index contributed by atoms with van der Waals surface area (Å²) >= 11 is 1.65. The van der Waals surface area contributed by atoms with E-state index in [4.69, 9.17) is 4.42 Å². The first kappa shape index (κ1) is 22.8. The number of nitrogens with zero attached hydrogens (tertiary/aromatic N) is 3. The number of thioether (sulfide) groups is 1. The maximum atomic E-state index is 12.5. The molecule has 1 amide bonds. The zero-order valence-corrected chi connectivity index (χ0v) is 20.0. The number of oxazole rings is 1. The minimum atomic E-state index is -0.0448. The maximum absolute atomic E-state index is 12.5. The fourth-order valence-corrected chi connectivity index (χ4v) is 4.68. The van der Waals surface area contributed by atoms with Gasteiger partial charge in [-0.25, -0.2) is 9.98 Å². The van der Waals surface area contributed by atoms with Gasteiger partial charge in [0.2, 0.25) is 11.8 Å². The Morgan fingerprint density at radius 1 is 1.22 bits per heavy atom. The van der Waals surface area contributed by atoms with E-state index in [1.54, 1.807) is 18.0 Å². The number of aliphatic imine (C=N–C) groups is 1. The molecule has 0 unspecified atom stereocenters. The average molecular weight is 453 g/mol. The molecule has 170 valence electrons. The average Bonchev–Trinajstić information content (AvgIpc) is 3.48. The normalized spacial score (nSPS) is 16.8. The van der Waals surface area contributed by atoms with Crippen LogP contribution in [0.25, 0.3) is 0 Å². The molecule has 2 aromatic rings. The quantitative estimate of drug-likeness (QED) is 0.653. The molecule has 2 aliphatic rings. The molecule has 0 atom stereocenters. The third-order valence-corrected chi connectivity index (χ3v) is 6.64. The second kappa shape index (κ2) is 10.0. The molecule has 1 aromatic carbocycles. The maximum Gasteiger partial charge on any atom is 0.229 e. The molecule has 1 fully saturated rings. The van der Waals surface area contributed by atoms with Crippen molar-refractivity contribution < 1.29 is 9.21 Å². The molecule has 1 aromatic heterocycles. The van der Waals surface area contributed by atoms with E-state index in [0.29, 0.717) is 30.3 Å². The SMILES string of the molecule is CC(C)(C)c1cnc(CSC2=CN=C(NC(=O)Cc3cccc(CN4CCCC4)c3)C2)o1. The van der Waals surface area contributed by atoms with Crippen LogP contribution in [0.1, 0.15) is 62.8 Å². The molecule has 0 saturated carbocycles. The van der Waals surface area contributed by atoms with Gasteiger partial charge in [-0.2, -0.15) is 0 Å². The van der Waals surface area contributed by atoms with Crippen LogP contribution in [0, 0.1) is 0 Å². The smallest absolute Gasteiger partial charge is 0.229 e. The van der Waals surface area contributed by atoms with Gasteiger partial charge in [0.15, 0.2) is 0 Å². The minimum Gasteiger partial charge on any atom is -0.444 e. The topological polar surface area (TPSA) is 70.7 Å². The number of carbonyl (C=O) groups is 1. The van der Waals surface area contributed by atoms with Crippen LogP contribution in [0.15, 0.2) is 51.0 Å². The molecule has 32 heavy (non-hydrogen) atoms. The van der Waals surface area contributed by atoms with Gasteiger partial charge >= 0.3 is 0 Å². The third kappa shape index (κ3) is 6.33. The fourth-order valence-electron chi connectivity index (χ4n) is 3.88. The molecule has 0 spiro atoms. The summed E-state index contributed by atoms with van der Waals surface area (Å²) in [5.74, 6) is 2.94. The van der Waals surface area contributed by atoms with Gasteiger partial charge in [0.25, 0.3) is 0 Å². The van der Waals surface area contributed by atoms with Crippen molar-refractivity contribution in [3.63, 3.8) is 0 Å². The van der Waals surface area contributed by atoms with Crippen LogP contribution >= 0.6 is 11.8 Å². The molecule has 0 bridgehead atoms. The highest BCUT2D eigenvalue weighted by Gasteiger charge is 2.20. The number of hydrogen-bond acceptors (Lipinski definition) is 6. The van der Waals surface area contributed by atoms with Crippen LogP contribution in [0.4, 0.5) is 0 Å². The van der Waals surface area contributed by atoms with Crippen molar-refractivity contribution in [1.82, 2.24) is 15.2 Å². The number of benzene rings is 1. The number of carbonyl (C=O) groups excluding carboxylic acids is 1. The van der Waals surface area contributed by atoms with E-state index in [-0.39, 0.29) is 11.3 Å². The highest BCUT2D eigenvalue weighted by molar-refractivity contribution is 8.02. The highest BCUT2D eigenvalue weighted by Crippen LogP contribution is 2.29. The Labute approximate surface area is 194 Å². The third-order valence-electron chi connectivity index (χ3n) is 5.62. The minimum absolute atomic E-state index is 0.0238. The van der Waals surface area contributed by atoms with Crippen LogP contribution in [0.2, 0.25) is 0 Å². The van der Waals surface area contributed by atoms with E-state index in [2.05, 4.69) is 53.1 Å². The van der Waals surface area contributed by atoms with Crippen molar-refractivity contribution in [2.75, 3.05) is 13.1 Å². The van der Waals surface area contributed by atoms with Crippen LogP contribution in [0.3, 0.4) is 0 Å². The van der Waals surface area contributed by atoms with Gasteiger partial charge < -0.3 is 9.73 Å². The van der Waals surface area contributed by atoms with Crippen molar-refractivity contribution >= 4 is 23.5 Å². The summed E-state index contributed by atoms with van der Waals surface area (Å²) in [5.41, 5.74) is 2.27. The Bertz CT molecular complexity index is 1010. The van der Waals surface area contributed by atoms with Crippen LogP contribution in [-0.4, -0.2) is 34.7 Å². The van der Waals surface area contributed by atoms with Gasteiger partial charge in [0.05, 0.1) is 18.4 Å². The molecule has 1 saturated heterocycles. The first-order valence-electron chi connectivity index (χ1n) is 11.3. The number of amidine groups is 1. The standard InChI is InChI=1S/C25H32N4O2S/c1-25(2,3)21-15-27-24(31-21)17-32-20-13-22(26-14-20)28-23(30)12-18-7-6-8-19(11-18)16-29-9-4-5-10-29/h6-8,11,14-15H,4-5,9-10,12-13,16-17H2,1-3H3,(H,26,28,30). The summed E-state index contributed by atoms with van der Waals surface area (Å²) in [4.78, 5) is 24.9. The van der Waals surface area contributed by atoms with E-state index in [1.807, 2.05) is 18.3 Å². The Kier molecular flexibility index (Phi) is 7.16. The lowest BCUT2D eigenvalue weighted by molar-refractivity contribution is -0.119. The lowest BCUT2D eigenvalue weighted by Crippen LogP contribution is -2.30. The van der Waals surface area contributed by atoms with E-state index < -0.39 is 0 Å². The van der Waals surface area contributed by atoms with E-state index >= 15 is 0 Å². The first-order chi connectivity index (χ1) is 15.3. The van der Waals surface area contributed by atoms with Crippen molar-refractivity contribution in [3.05, 3.63) is 64.3 Å². The van der Waals surface area contributed by atoms with Crippen molar-refractivity contribution in [2.24, 2.45) is 4.99 Å². The summed E-state index contributed by atoms with van der Waals surface area (Å²) in [6.45, 7) is 9.63. The Morgan fingerprint density at radius 3 is 2.75 bits per heavy atom. The Morgan fingerprint density at radius 2 is 2.00 bits per heavy atom. The van der Waals surface area contributed by atoms with Crippen LogP contribution < -0.4 is 5.32 Å². The van der Waals surface area contributed by atoms with Crippen molar-refractivity contribution in [2.45, 2.75) is 64.2 Å². The summed E-state index contributed by atoms with van der Waals surface area (Å²) < 4.78 is 5.85. The molecular formula is C25H32N4O2S. The van der Waals surface area contributed by atoms with E-state index in [9.17, 15) is 4.79 Å². The Hall–Kier alpha value is -2.38. The summed E-state index contributed by atoms with van der Waals surface area (Å²) in [6.07, 6.45) is 7.20. The van der Waals surface area contributed by atoms with Crippen molar-refractivity contribution in [3.8, 4) is 0 Å². The second-order valence-electron chi connectivity index (χ2n) is 9.53. The van der Waals surface area contributed by atoms with Gasteiger partial charge in [-0.1, -0.05) is 45.0 Å². The predicted molar refractivity (Wildman–Crippen MR) is 129 cm³/mol. The largest absolute Gasteiger partial charge is 0.444 e. The molecule has 3 heterocycles. The van der Waals surface area contributed by atoms with Gasteiger partial charge in [-0.05, 0) is 37.1 Å². The molecule has 2 aliphatic heterocycles. The lowest BCUT2D eigenvalue weighted by atomic mass is 9.94. The summed E-state index contributed by atoms with van der Waals surface area (Å²) in [7, 11) is 0. The number of likely N-dealkylation sites (tertiary alicyclic amines) is 1. The molecule has 6 nitrogen and oxygen atoms in total. The fraction of sp³-hybridized carbons (Fsp3) is 0.480. The lowest BCUT2D eigenvalue weighted by Gasteiger charge is -2.15. The van der Waals surface area contributed by atoms with Gasteiger partial charge in [-0.15, -0.1) is 11.8 Å². The summed E-state index contributed by atoms with van der Waals surface area (Å²) in [6, 6.07) is 8.36. The van der Waals surface area contributed by atoms with Crippen molar-refractivity contribution in [1.29, 1.82) is 0 Å². The van der Waals surface area contributed by atoms with Crippen LogP contribution in [-0.2, 0) is 28.9 Å². The number of rotatable bonds is 7. The zero-order chi connectivity index (χ0) is 22.6. The number of nitrogens with one attached hydrogen (secondary N) is 1. The molecular weight excluding hydrogens is 420 g/mol. The highest BCUT2D eigenvalue weighted by atomic mass is 32.2. The molecule has 0 aliphatic carbocycles. The molecule has 7 heteroatoms. The molecule has 0 radical (unpaired) electrons. The van der Waals surface area contributed by atoms with Gasteiger partial charge in [-0.3, -0.25) is 9.69 Å². The number of aromatic nitrogens is 1. The second-order valence-corrected chi connectivity index (χ2v) is 10.6. The number of amides is 1. The molecule has 1 N–H and O–H groups in total. The number of hydrogen-bond donors (Lipinski definition) is 1.